The Kier molecular flexibility index (Phi) is 4.51. The van der Waals surface area contributed by atoms with Crippen molar-refractivity contribution in [3.63, 3.8) is 0 Å². The Balaban J connectivity index is 3.04. The smallest absolute Gasteiger partial charge is 0.130 e. The van der Waals surface area contributed by atoms with Gasteiger partial charge in [0.1, 0.15) is 5.82 Å². The van der Waals surface area contributed by atoms with Gasteiger partial charge in [-0.25, -0.2) is 4.39 Å². The van der Waals surface area contributed by atoms with Gasteiger partial charge in [0.05, 0.1) is 6.10 Å². The zero-order valence-electron chi connectivity index (χ0n) is 8.58. The van der Waals surface area contributed by atoms with Crippen molar-refractivity contribution < 1.29 is 9.50 Å². The molecule has 3 N–H and O–H groups in total. The molecular weight excluding hydrogens is 217 g/mol. The van der Waals surface area contributed by atoms with Crippen LogP contribution in [0.1, 0.15) is 25.0 Å². The molecule has 0 aliphatic carbocycles. The summed E-state index contributed by atoms with van der Waals surface area (Å²) in [7, 11) is 0. The topological polar surface area (TPSA) is 46.2 Å². The van der Waals surface area contributed by atoms with Crippen LogP contribution in [0.4, 0.5) is 4.39 Å². The molecule has 2 nitrogen and oxygen atoms in total. The molecule has 0 bridgehead atoms. The molecule has 1 aromatic carbocycles. The Labute approximate surface area is 93.9 Å². The van der Waals surface area contributed by atoms with Crippen LogP contribution in [0.15, 0.2) is 18.2 Å². The van der Waals surface area contributed by atoms with Gasteiger partial charge in [0.2, 0.25) is 0 Å². The predicted molar refractivity (Wildman–Crippen MR) is 59.2 cm³/mol. The fraction of sp³-hybridized carbons (Fsp3) is 0.455. The third-order valence-corrected chi connectivity index (χ3v) is 2.90. The van der Waals surface area contributed by atoms with Gasteiger partial charge in [0, 0.05) is 16.5 Å². The zero-order valence-corrected chi connectivity index (χ0v) is 9.34. The predicted octanol–water partition coefficient (Wildman–Crippen LogP) is 2.50. The van der Waals surface area contributed by atoms with E-state index in [-0.39, 0.29) is 16.5 Å². The Bertz CT molecular complexity index is 308. The maximum absolute atomic E-state index is 13.4. The average Bonchev–Trinajstić information content (AvgIpc) is 2.19. The van der Waals surface area contributed by atoms with E-state index in [1.165, 1.54) is 12.1 Å². The van der Waals surface area contributed by atoms with Gasteiger partial charge in [0.25, 0.3) is 0 Å². The molecule has 4 heteroatoms. The van der Waals surface area contributed by atoms with Crippen LogP contribution in [0.5, 0.6) is 0 Å². The summed E-state index contributed by atoms with van der Waals surface area (Å²) in [5, 5.41) is 10.2. The quantitative estimate of drug-likeness (QED) is 0.837. The molecule has 2 unspecified atom stereocenters. The van der Waals surface area contributed by atoms with Crippen LogP contribution in [0, 0.1) is 11.7 Å². The van der Waals surface area contributed by atoms with Crippen molar-refractivity contribution in [2.24, 2.45) is 11.7 Å². The van der Waals surface area contributed by atoms with E-state index in [9.17, 15) is 9.50 Å². The highest BCUT2D eigenvalue weighted by Crippen LogP contribution is 2.31. The van der Waals surface area contributed by atoms with Gasteiger partial charge >= 0.3 is 0 Å². The van der Waals surface area contributed by atoms with Crippen LogP contribution in [-0.4, -0.2) is 11.7 Å². The lowest BCUT2D eigenvalue weighted by molar-refractivity contribution is 0.106. The first-order valence-electron chi connectivity index (χ1n) is 4.93. The molecule has 0 radical (unpaired) electrons. The molecule has 0 heterocycles. The molecule has 15 heavy (non-hydrogen) atoms. The summed E-state index contributed by atoms with van der Waals surface area (Å²) in [5.41, 5.74) is 5.65. The largest absolute Gasteiger partial charge is 0.388 e. The minimum atomic E-state index is -0.936. The van der Waals surface area contributed by atoms with Crippen LogP contribution in [0.2, 0.25) is 5.02 Å². The summed E-state index contributed by atoms with van der Waals surface area (Å²) < 4.78 is 13.4. The molecule has 0 spiro atoms. The molecule has 0 aliphatic heterocycles. The first-order valence-corrected chi connectivity index (χ1v) is 5.31. The lowest BCUT2D eigenvalue weighted by Gasteiger charge is -2.21. The third kappa shape index (κ3) is 2.68. The first-order chi connectivity index (χ1) is 7.11. The highest BCUT2D eigenvalue weighted by atomic mass is 35.5. The normalized spacial score (nSPS) is 15.0. The molecule has 0 aromatic heterocycles. The minimum Gasteiger partial charge on any atom is -0.388 e. The molecule has 84 valence electrons. The first kappa shape index (κ1) is 12.4. The monoisotopic (exact) mass is 231 g/mol. The molecular formula is C11H15ClFNO. The van der Waals surface area contributed by atoms with Crippen molar-refractivity contribution in [1.82, 2.24) is 0 Å². The number of hydrogen-bond acceptors (Lipinski definition) is 2. The van der Waals surface area contributed by atoms with E-state index in [2.05, 4.69) is 0 Å². The third-order valence-electron chi connectivity index (χ3n) is 2.57. The fourth-order valence-electron chi connectivity index (χ4n) is 1.55. The van der Waals surface area contributed by atoms with Crippen molar-refractivity contribution in [3.05, 3.63) is 34.6 Å². The van der Waals surface area contributed by atoms with E-state index in [1.54, 1.807) is 6.07 Å². The highest BCUT2D eigenvalue weighted by molar-refractivity contribution is 6.31. The lowest BCUT2D eigenvalue weighted by atomic mass is 9.93. The fourth-order valence-corrected chi connectivity index (χ4v) is 1.82. The van der Waals surface area contributed by atoms with Crippen molar-refractivity contribution in [2.45, 2.75) is 19.4 Å². The Morgan fingerprint density at radius 1 is 1.53 bits per heavy atom. The average molecular weight is 232 g/mol. The standard InChI is InChI=1S/C11H15ClFNO/c1-2-7(6-14)11(15)10-8(12)4-3-5-9(10)13/h3-5,7,11,15H,2,6,14H2,1H3. The number of rotatable bonds is 4. The zero-order chi connectivity index (χ0) is 11.4. The maximum atomic E-state index is 13.4. The number of hydrogen-bond donors (Lipinski definition) is 2. The second-order valence-corrected chi connectivity index (χ2v) is 3.89. The number of aliphatic hydroxyl groups is 1. The van der Waals surface area contributed by atoms with E-state index < -0.39 is 11.9 Å². The van der Waals surface area contributed by atoms with Gasteiger partial charge in [-0.15, -0.1) is 0 Å². The summed E-state index contributed by atoms with van der Waals surface area (Å²) in [6, 6.07) is 4.36. The Morgan fingerprint density at radius 3 is 2.67 bits per heavy atom. The Morgan fingerprint density at radius 2 is 2.20 bits per heavy atom. The molecule has 0 saturated carbocycles. The molecule has 1 aromatic rings. The van der Waals surface area contributed by atoms with E-state index in [4.69, 9.17) is 17.3 Å². The van der Waals surface area contributed by atoms with Gasteiger partial charge in [-0.2, -0.15) is 0 Å². The van der Waals surface area contributed by atoms with Gasteiger partial charge in [-0.05, 0) is 25.1 Å². The molecule has 0 aliphatic rings. The van der Waals surface area contributed by atoms with E-state index in [0.717, 1.165) is 0 Å². The van der Waals surface area contributed by atoms with Gasteiger partial charge in [-0.1, -0.05) is 24.6 Å². The number of aliphatic hydroxyl groups excluding tert-OH is 1. The second kappa shape index (κ2) is 5.45. The summed E-state index contributed by atoms with van der Waals surface area (Å²) >= 11 is 5.84. The van der Waals surface area contributed by atoms with Crippen LogP contribution < -0.4 is 5.73 Å². The summed E-state index contributed by atoms with van der Waals surface area (Å²) in [6.45, 7) is 2.21. The Hall–Kier alpha value is -0.640. The van der Waals surface area contributed by atoms with Crippen LogP contribution in [0.25, 0.3) is 0 Å². The molecule has 0 amide bonds. The minimum absolute atomic E-state index is 0.150. The number of benzene rings is 1. The van der Waals surface area contributed by atoms with Crippen molar-refractivity contribution in [2.75, 3.05) is 6.54 Å². The summed E-state index contributed by atoms with van der Waals surface area (Å²) in [5.74, 6) is -0.652. The van der Waals surface area contributed by atoms with E-state index in [1.807, 2.05) is 6.92 Å². The SMILES string of the molecule is CCC(CN)C(O)c1c(F)cccc1Cl. The van der Waals surface area contributed by atoms with Gasteiger partial charge < -0.3 is 10.8 Å². The van der Waals surface area contributed by atoms with Gasteiger partial charge in [0.15, 0.2) is 0 Å². The molecule has 2 atom stereocenters. The van der Waals surface area contributed by atoms with Gasteiger partial charge in [-0.3, -0.25) is 0 Å². The van der Waals surface area contributed by atoms with E-state index in [0.29, 0.717) is 13.0 Å². The molecule has 0 saturated heterocycles. The number of halogens is 2. The van der Waals surface area contributed by atoms with Crippen molar-refractivity contribution in [3.8, 4) is 0 Å². The summed E-state index contributed by atoms with van der Waals surface area (Å²) in [4.78, 5) is 0. The second-order valence-electron chi connectivity index (χ2n) is 3.48. The summed E-state index contributed by atoms with van der Waals surface area (Å²) in [6.07, 6.45) is -0.254. The maximum Gasteiger partial charge on any atom is 0.130 e. The van der Waals surface area contributed by atoms with E-state index >= 15 is 0 Å². The highest BCUT2D eigenvalue weighted by Gasteiger charge is 2.23. The molecule has 1 rings (SSSR count). The van der Waals surface area contributed by atoms with Crippen molar-refractivity contribution >= 4 is 11.6 Å². The molecule has 0 fully saturated rings. The van der Waals surface area contributed by atoms with Crippen LogP contribution in [-0.2, 0) is 0 Å². The van der Waals surface area contributed by atoms with Crippen molar-refractivity contribution in [1.29, 1.82) is 0 Å². The lowest BCUT2D eigenvalue weighted by Crippen LogP contribution is -2.22. The number of nitrogens with two attached hydrogens (primary N) is 1. The van der Waals surface area contributed by atoms with Crippen LogP contribution in [0.3, 0.4) is 0 Å². The van der Waals surface area contributed by atoms with Crippen LogP contribution >= 0.6 is 11.6 Å².